The predicted octanol–water partition coefficient (Wildman–Crippen LogP) is 3.55. The van der Waals surface area contributed by atoms with Gasteiger partial charge in [0, 0.05) is 17.0 Å². The number of hydrogen-bond acceptors (Lipinski definition) is 3. The van der Waals surface area contributed by atoms with Gasteiger partial charge in [-0.1, -0.05) is 13.8 Å². The van der Waals surface area contributed by atoms with E-state index in [0.29, 0.717) is 17.2 Å². The van der Waals surface area contributed by atoms with Gasteiger partial charge < -0.3 is 5.73 Å². The van der Waals surface area contributed by atoms with Gasteiger partial charge >= 0.3 is 0 Å². The molecule has 3 heteroatoms. The van der Waals surface area contributed by atoms with Crippen molar-refractivity contribution in [2.75, 3.05) is 0 Å². The van der Waals surface area contributed by atoms with Crippen LogP contribution in [0.2, 0.25) is 0 Å². The minimum absolute atomic E-state index is 0.302. The Balaban J connectivity index is 2.12. The van der Waals surface area contributed by atoms with Crippen molar-refractivity contribution in [3.05, 3.63) is 23.4 Å². The summed E-state index contributed by atoms with van der Waals surface area (Å²) in [7, 11) is 0. The Hall–Kier alpha value is -0.540. The molecule has 1 heterocycles. The highest BCUT2D eigenvalue weighted by atomic mass is 32.2. The Labute approximate surface area is 115 Å². The van der Waals surface area contributed by atoms with Crippen LogP contribution >= 0.6 is 11.8 Å². The molecule has 0 bridgehead atoms. The fraction of sp³-hybridized carbons (Fsp3) is 0.667. The number of aromatic nitrogens is 1. The molecule has 0 aromatic carbocycles. The molecular weight excluding hydrogens is 240 g/mol. The molecule has 4 unspecified atom stereocenters. The summed E-state index contributed by atoms with van der Waals surface area (Å²) in [5.74, 6) is 1.44. The van der Waals surface area contributed by atoms with E-state index in [0.717, 1.165) is 23.1 Å². The van der Waals surface area contributed by atoms with Crippen LogP contribution in [-0.2, 0) is 0 Å². The van der Waals surface area contributed by atoms with Crippen molar-refractivity contribution in [3.63, 3.8) is 0 Å². The summed E-state index contributed by atoms with van der Waals surface area (Å²) in [6, 6.07) is 4.60. The normalized spacial score (nSPS) is 32.5. The van der Waals surface area contributed by atoms with Crippen LogP contribution in [0.1, 0.15) is 37.9 Å². The molecule has 0 spiro atoms. The topological polar surface area (TPSA) is 38.9 Å². The van der Waals surface area contributed by atoms with E-state index in [1.54, 1.807) is 0 Å². The predicted molar refractivity (Wildman–Crippen MR) is 78.9 cm³/mol. The fourth-order valence-electron chi connectivity index (χ4n) is 3.09. The molecule has 1 aromatic rings. The number of nitrogens with two attached hydrogens (primary N) is 1. The first-order valence-electron chi connectivity index (χ1n) is 6.83. The lowest BCUT2D eigenvalue weighted by molar-refractivity contribution is 0.279. The Morgan fingerprint density at radius 3 is 2.56 bits per heavy atom. The average Bonchev–Trinajstić information content (AvgIpc) is 2.22. The lowest BCUT2D eigenvalue weighted by Crippen LogP contribution is -2.42. The second-order valence-electron chi connectivity index (χ2n) is 5.92. The van der Waals surface area contributed by atoms with E-state index in [9.17, 15) is 0 Å². The first kappa shape index (κ1) is 13.9. The van der Waals surface area contributed by atoms with Crippen molar-refractivity contribution in [1.29, 1.82) is 0 Å². The van der Waals surface area contributed by atoms with Crippen LogP contribution in [0.15, 0.2) is 17.2 Å². The molecule has 1 fully saturated rings. The van der Waals surface area contributed by atoms with Crippen molar-refractivity contribution in [2.45, 2.75) is 56.9 Å². The summed E-state index contributed by atoms with van der Waals surface area (Å²) >= 11 is 1.87. The quantitative estimate of drug-likeness (QED) is 0.888. The maximum atomic E-state index is 6.34. The molecule has 0 aliphatic heterocycles. The van der Waals surface area contributed by atoms with Crippen LogP contribution in [0.3, 0.4) is 0 Å². The van der Waals surface area contributed by atoms with Crippen LogP contribution in [0.25, 0.3) is 0 Å². The molecule has 18 heavy (non-hydrogen) atoms. The number of pyridine rings is 1. The molecule has 1 aliphatic carbocycles. The van der Waals surface area contributed by atoms with Crippen molar-refractivity contribution in [1.82, 2.24) is 4.98 Å². The number of thioether (sulfide) groups is 1. The third-order valence-electron chi connectivity index (χ3n) is 3.76. The van der Waals surface area contributed by atoms with Gasteiger partial charge in [-0.15, -0.1) is 11.8 Å². The smallest absolute Gasteiger partial charge is 0.0969 e. The van der Waals surface area contributed by atoms with Gasteiger partial charge in [-0.3, -0.25) is 0 Å². The maximum Gasteiger partial charge on any atom is 0.0969 e. The molecule has 0 saturated heterocycles. The highest BCUT2D eigenvalue weighted by Gasteiger charge is 2.32. The SMILES string of the molecule is Cc1cc(C)nc(SC2C(C)CC(C)CC2N)c1. The third kappa shape index (κ3) is 3.27. The molecule has 100 valence electrons. The molecule has 1 aromatic heterocycles. The van der Waals surface area contributed by atoms with Gasteiger partial charge in [0.25, 0.3) is 0 Å². The van der Waals surface area contributed by atoms with Crippen molar-refractivity contribution >= 4 is 11.8 Å². The van der Waals surface area contributed by atoms with Crippen LogP contribution < -0.4 is 5.73 Å². The number of hydrogen-bond donors (Lipinski definition) is 1. The summed E-state index contributed by atoms with van der Waals surface area (Å²) in [5.41, 5.74) is 8.72. The molecule has 0 amide bonds. The second-order valence-corrected chi connectivity index (χ2v) is 7.12. The first-order chi connectivity index (χ1) is 8.45. The van der Waals surface area contributed by atoms with E-state index in [1.807, 2.05) is 11.8 Å². The molecule has 0 radical (unpaired) electrons. The second kappa shape index (κ2) is 5.62. The van der Waals surface area contributed by atoms with Crippen LogP contribution in [0.4, 0.5) is 0 Å². The Kier molecular flexibility index (Phi) is 4.33. The number of rotatable bonds is 2. The van der Waals surface area contributed by atoms with E-state index in [1.165, 1.54) is 12.0 Å². The van der Waals surface area contributed by atoms with Crippen LogP contribution in [-0.4, -0.2) is 16.3 Å². The number of nitrogens with zero attached hydrogens (tertiary/aromatic N) is 1. The largest absolute Gasteiger partial charge is 0.327 e. The average molecular weight is 264 g/mol. The monoisotopic (exact) mass is 264 g/mol. The van der Waals surface area contributed by atoms with Crippen molar-refractivity contribution in [3.8, 4) is 0 Å². The summed E-state index contributed by atoms with van der Waals surface area (Å²) in [4.78, 5) is 4.62. The minimum atomic E-state index is 0.302. The highest BCUT2D eigenvalue weighted by Crippen LogP contribution is 2.38. The van der Waals surface area contributed by atoms with E-state index in [-0.39, 0.29) is 0 Å². The zero-order chi connectivity index (χ0) is 13.3. The molecule has 2 rings (SSSR count). The number of aryl methyl sites for hydroxylation is 2. The van der Waals surface area contributed by atoms with E-state index < -0.39 is 0 Å². The molecule has 2 N–H and O–H groups in total. The summed E-state index contributed by atoms with van der Waals surface area (Å²) in [6.07, 6.45) is 2.43. The zero-order valence-electron chi connectivity index (χ0n) is 11.8. The van der Waals surface area contributed by atoms with Crippen LogP contribution in [0, 0.1) is 25.7 Å². The third-order valence-corrected chi connectivity index (χ3v) is 5.30. The van der Waals surface area contributed by atoms with Gasteiger partial charge in [-0.05, 0) is 56.2 Å². The minimum Gasteiger partial charge on any atom is -0.327 e. The van der Waals surface area contributed by atoms with E-state index in [4.69, 9.17) is 5.73 Å². The summed E-state index contributed by atoms with van der Waals surface area (Å²) < 4.78 is 0. The van der Waals surface area contributed by atoms with Gasteiger partial charge in [0.05, 0.1) is 5.03 Å². The lowest BCUT2D eigenvalue weighted by Gasteiger charge is -2.37. The van der Waals surface area contributed by atoms with Crippen LogP contribution in [0.5, 0.6) is 0 Å². The standard InChI is InChI=1S/C15H24N2S/c1-9-5-11(3)15(13(16)7-9)18-14-8-10(2)6-12(4)17-14/h6,8-9,11,13,15H,5,7,16H2,1-4H3. The fourth-order valence-corrected chi connectivity index (χ4v) is 4.45. The Morgan fingerprint density at radius 2 is 1.94 bits per heavy atom. The molecule has 2 nitrogen and oxygen atoms in total. The highest BCUT2D eigenvalue weighted by molar-refractivity contribution is 7.99. The Morgan fingerprint density at radius 1 is 1.22 bits per heavy atom. The molecule has 1 aliphatic rings. The summed E-state index contributed by atoms with van der Waals surface area (Å²) in [5, 5.41) is 1.64. The maximum absolute atomic E-state index is 6.34. The molecular formula is C15H24N2S. The zero-order valence-corrected chi connectivity index (χ0v) is 12.6. The summed E-state index contributed by atoms with van der Waals surface area (Å²) in [6.45, 7) is 8.83. The first-order valence-corrected chi connectivity index (χ1v) is 7.71. The van der Waals surface area contributed by atoms with Crippen molar-refractivity contribution in [2.24, 2.45) is 17.6 Å². The molecule has 4 atom stereocenters. The van der Waals surface area contributed by atoms with Gasteiger partial charge in [0.2, 0.25) is 0 Å². The Bertz CT molecular complexity index is 387. The van der Waals surface area contributed by atoms with Gasteiger partial charge in [0.1, 0.15) is 0 Å². The van der Waals surface area contributed by atoms with Gasteiger partial charge in [-0.2, -0.15) is 0 Å². The molecule has 1 saturated carbocycles. The van der Waals surface area contributed by atoms with Gasteiger partial charge in [0.15, 0.2) is 0 Å². The lowest BCUT2D eigenvalue weighted by atomic mass is 9.80. The van der Waals surface area contributed by atoms with E-state index in [2.05, 4.69) is 44.8 Å². The van der Waals surface area contributed by atoms with Gasteiger partial charge in [-0.25, -0.2) is 4.98 Å². The van der Waals surface area contributed by atoms with E-state index >= 15 is 0 Å². The van der Waals surface area contributed by atoms with Crippen molar-refractivity contribution < 1.29 is 0 Å².